The van der Waals surface area contributed by atoms with E-state index in [0.29, 0.717) is 18.4 Å². The Morgan fingerprint density at radius 2 is 1.88 bits per heavy atom. The Bertz CT molecular complexity index is 588. The second kappa shape index (κ2) is 8.48. The number of hydrogen-bond acceptors (Lipinski definition) is 3. The highest BCUT2D eigenvalue weighted by atomic mass is 16.2. The van der Waals surface area contributed by atoms with Crippen molar-refractivity contribution in [1.29, 1.82) is 0 Å². The number of rotatable bonds is 6. The molecule has 1 aromatic rings. The molecule has 3 atom stereocenters. The third-order valence-corrected chi connectivity index (χ3v) is 5.69. The van der Waals surface area contributed by atoms with Crippen LogP contribution in [0.1, 0.15) is 56.6 Å². The van der Waals surface area contributed by atoms with Gasteiger partial charge in [0.1, 0.15) is 6.04 Å². The Morgan fingerprint density at radius 1 is 1.12 bits per heavy atom. The van der Waals surface area contributed by atoms with Crippen molar-refractivity contribution in [3.8, 4) is 0 Å². The Balaban J connectivity index is 1.54. The van der Waals surface area contributed by atoms with E-state index < -0.39 is 11.9 Å². The van der Waals surface area contributed by atoms with Crippen LogP contribution in [0.4, 0.5) is 0 Å². The number of fused-ring (bicyclic) bond motifs is 1. The highest BCUT2D eigenvalue weighted by molar-refractivity contribution is 5.87. The van der Waals surface area contributed by atoms with Crippen molar-refractivity contribution < 1.29 is 9.59 Å². The minimum Gasteiger partial charge on any atom is -0.368 e. The lowest BCUT2D eigenvalue weighted by atomic mass is 9.81. The first-order valence-corrected chi connectivity index (χ1v) is 9.53. The average Bonchev–Trinajstić information content (AvgIpc) is 2.65. The van der Waals surface area contributed by atoms with Gasteiger partial charge in [-0.15, -0.1) is 0 Å². The predicted octanol–water partition coefficient (Wildman–Crippen LogP) is 2.37. The van der Waals surface area contributed by atoms with Crippen molar-refractivity contribution in [2.75, 3.05) is 13.1 Å². The maximum Gasteiger partial charge on any atom is 0.244 e. The van der Waals surface area contributed by atoms with E-state index in [1.54, 1.807) is 0 Å². The molecule has 2 amide bonds. The third-order valence-electron chi connectivity index (χ3n) is 5.69. The molecule has 2 fully saturated rings. The summed E-state index contributed by atoms with van der Waals surface area (Å²) in [7, 11) is 0. The Kier molecular flexibility index (Phi) is 6.08. The van der Waals surface area contributed by atoms with Crippen LogP contribution in [0.5, 0.6) is 0 Å². The van der Waals surface area contributed by atoms with Gasteiger partial charge in [-0.1, -0.05) is 36.8 Å². The van der Waals surface area contributed by atoms with Gasteiger partial charge in [0.05, 0.1) is 0 Å². The van der Waals surface area contributed by atoms with Gasteiger partial charge in [-0.05, 0) is 56.7 Å². The number of carbonyl (C=O) groups excluding carboxylic acids is 2. The standard InChI is InChI=1S/C20H29N3O2/c21-20(25)19(16-7-2-1-3-8-16)22-18(24)12-11-15-9-6-14-23-13-5-4-10-17(15)23/h1-3,7-8,15,17,19H,4-6,9-14H2,(H2,21,25)(H,22,24)/t15-,17+,19-/m0/s1. The molecule has 0 radical (unpaired) electrons. The summed E-state index contributed by atoms with van der Waals surface area (Å²) in [4.78, 5) is 26.7. The van der Waals surface area contributed by atoms with E-state index in [0.717, 1.165) is 12.0 Å². The number of piperidine rings is 2. The number of nitrogens with zero attached hydrogens (tertiary/aromatic N) is 1. The topological polar surface area (TPSA) is 75.4 Å². The fourth-order valence-electron chi connectivity index (χ4n) is 4.43. The van der Waals surface area contributed by atoms with Crippen LogP contribution < -0.4 is 11.1 Å². The predicted molar refractivity (Wildman–Crippen MR) is 97.7 cm³/mol. The molecule has 2 aliphatic rings. The molecule has 5 nitrogen and oxygen atoms in total. The molecule has 3 N–H and O–H groups in total. The van der Waals surface area contributed by atoms with Gasteiger partial charge in [-0.2, -0.15) is 0 Å². The van der Waals surface area contributed by atoms with Crippen LogP contribution in [0.3, 0.4) is 0 Å². The quantitative estimate of drug-likeness (QED) is 0.833. The fraction of sp³-hybridized carbons (Fsp3) is 0.600. The van der Waals surface area contributed by atoms with Crippen molar-refractivity contribution in [1.82, 2.24) is 10.2 Å². The second-order valence-electron chi connectivity index (χ2n) is 7.35. The van der Waals surface area contributed by atoms with E-state index in [1.807, 2.05) is 30.3 Å². The molecular weight excluding hydrogens is 314 g/mol. The molecule has 0 aliphatic carbocycles. The molecule has 0 unspecified atom stereocenters. The number of hydrogen-bond donors (Lipinski definition) is 2. The van der Waals surface area contributed by atoms with Crippen LogP contribution in [0.25, 0.3) is 0 Å². The lowest BCUT2D eigenvalue weighted by molar-refractivity contribution is -0.127. The number of primary amides is 1. The summed E-state index contributed by atoms with van der Waals surface area (Å²) in [5, 5.41) is 2.82. The van der Waals surface area contributed by atoms with Crippen molar-refractivity contribution in [3.05, 3.63) is 35.9 Å². The van der Waals surface area contributed by atoms with Gasteiger partial charge in [-0.3, -0.25) is 9.59 Å². The van der Waals surface area contributed by atoms with E-state index in [1.165, 1.54) is 45.2 Å². The number of amides is 2. The zero-order chi connectivity index (χ0) is 17.6. The Hall–Kier alpha value is -1.88. The van der Waals surface area contributed by atoms with E-state index in [4.69, 9.17) is 5.73 Å². The van der Waals surface area contributed by atoms with E-state index in [-0.39, 0.29) is 5.91 Å². The van der Waals surface area contributed by atoms with E-state index >= 15 is 0 Å². The maximum absolute atomic E-state index is 12.4. The smallest absolute Gasteiger partial charge is 0.244 e. The molecule has 2 saturated heterocycles. The summed E-state index contributed by atoms with van der Waals surface area (Å²) in [6, 6.07) is 9.10. The normalized spacial score (nSPS) is 25.0. The first-order valence-electron chi connectivity index (χ1n) is 9.53. The molecule has 1 aromatic carbocycles. The van der Waals surface area contributed by atoms with Gasteiger partial charge in [0.15, 0.2) is 0 Å². The van der Waals surface area contributed by atoms with Crippen molar-refractivity contribution >= 4 is 11.8 Å². The Morgan fingerprint density at radius 3 is 2.64 bits per heavy atom. The molecule has 2 heterocycles. The molecule has 0 aromatic heterocycles. The van der Waals surface area contributed by atoms with Crippen LogP contribution >= 0.6 is 0 Å². The lowest BCUT2D eigenvalue weighted by Gasteiger charge is -2.44. The number of carbonyl (C=O) groups is 2. The molecule has 3 rings (SSSR count). The third kappa shape index (κ3) is 4.60. The number of nitrogens with one attached hydrogen (secondary N) is 1. The van der Waals surface area contributed by atoms with Gasteiger partial charge in [0, 0.05) is 12.5 Å². The van der Waals surface area contributed by atoms with Gasteiger partial charge < -0.3 is 16.0 Å². The molecule has 136 valence electrons. The molecule has 5 heteroatoms. The summed E-state index contributed by atoms with van der Waals surface area (Å²) < 4.78 is 0. The first-order chi connectivity index (χ1) is 12.1. The van der Waals surface area contributed by atoms with E-state index in [2.05, 4.69) is 10.2 Å². The molecule has 2 aliphatic heterocycles. The van der Waals surface area contributed by atoms with Gasteiger partial charge in [0.2, 0.25) is 11.8 Å². The van der Waals surface area contributed by atoms with Crippen LogP contribution in [-0.4, -0.2) is 35.8 Å². The number of benzene rings is 1. The highest BCUT2D eigenvalue weighted by Crippen LogP contribution is 2.33. The molecule has 25 heavy (non-hydrogen) atoms. The summed E-state index contributed by atoms with van der Waals surface area (Å²) in [5.74, 6) is -0.000175. The van der Waals surface area contributed by atoms with E-state index in [9.17, 15) is 9.59 Å². The molecule has 0 spiro atoms. The summed E-state index contributed by atoms with van der Waals surface area (Å²) in [6.45, 7) is 2.43. The Labute approximate surface area is 150 Å². The molecule has 0 bridgehead atoms. The average molecular weight is 343 g/mol. The fourth-order valence-corrected chi connectivity index (χ4v) is 4.43. The molecular formula is C20H29N3O2. The SMILES string of the molecule is NC(=O)[C@@H](NC(=O)CC[C@@H]1CCCN2CCCC[C@H]12)c1ccccc1. The summed E-state index contributed by atoms with van der Waals surface area (Å²) in [6.07, 6.45) is 7.69. The largest absolute Gasteiger partial charge is 0.368 e. The highest BCUT2D eigenvalue weighted by Gasteiger charge is 2.33. The summed E-state index contributed by atoms with van der Waals surface area (Å²) >= 11 is 0. The van der Waals surface area contributed by atoms with Crippen molar-refractivity contribution in [2.45, 2.75) is 57.0 Å². The minimum absolute atomic E-state index is 0.0828. The van der Waals surface area contributed by atoms with Crippen LogP contribution in [0, 0.1) is 5.92 Å². The minimum atomic E-state index is -0.744. The van der Waals surface area contributed by atoms with Gasteiger partial charge >= 0.3 is 0 Å². The monoisotopic (exact) mass is 343 g/mol. The summed E-state index contributed by atoms with van der Waals surface area (Å²) in [5.41, 5.74) is 6.22. The van der Waals surface area contributed by atoms with Crippen molar-refractivity contribution in [3.63, 3.8) is 0 Å². The first kappa shape index (κ1) is 17.9. The van der Waals surface area contributed by atoms with Crippen LogP contribution in [0.2, 0.25) is 0 Å². The molecule has 0 saturated carbocycles. The van der Waals surface area contributed by atoms with Crippen LogP contribution in [0.15, 0.2) is 30.3 Å². The zero-order valence-corrected chi connectivity index (χ0v) is 14.8. The maximum atomic E-state index is 12.4. The van der Waals surface area contributed by atoms with Gasteiger partial charge in [0.25, 0.3) is 0 Å². The van der Waals surface area contributed by atoms with Crippen LogP contribution in [-0.2, 0) is 9.59 Å². The second-order valence-corrected chi connectivity index (χ2v) is 7.35. The number of nitrogens with two attached hydrogens (primary N) is 1. The lowest BCUT2D eigenvalue weighted by Crippen LogP contribution is -2.48. The zero-order valence-electron chi connectivity index (χ0n) is 14.8. The van der Waals surface area contributed by atoms with Gasteiger partial charge in [-0.25, -0.2) is 0 Å². The van der Waals surface area contributed by atoms with Crippen molar-refractivity contribution in [2.24, 2.45) is 11.7 Å².